The molecule has 1 aromatic rings. The molecule has 1 amide bonds. The molecule has 1 saturated heterocycles. The van der Waals surface area contributed by atoms with Gasteiger partial charge in [-0.05, 0) is 5.92 Å². The third-order valence-corrected chi connectivity index (χ3v) is 3.07. The number of amides is 1. The van der Waals surface area contributed by atoms with Crippen LogP contribution in [0.2, 0.25) is 0 Å². The Bertz CT molecular complexity index is 352. The van der Waals surface area contributed by atoms with E-state index in [1.807, 2.05) is 0 Å². The zero-order valence-corrected chi connectivity index (χ0v) is 8.99. The van der Waals surface area contributed by atoms with E-state index < -0.39 is 0 Å². The predicted octanol–water partition coefficient (Wildman–Crippen LogP) is 0.135. The lowest BCUT2D eigenvalue weighted by Gasteiger charge is -2.10. The third kappa shape index (κ3) is 1.59. The van der Waals surface area contributed by atoms with Crippen LogP contribution in [0.4, 0.5) is 11.9 Å². The van der Waals surface area contributed by atoms with Crippen molar-refractivity contribution >= 4 is 33.7 Å². The summed E-state index contributed by atoms with van der Waals surface area (Å²) in [6, 6.07) is 0. The molecule has 6 nitrogen and oxygen atoms in total. The molecule has 1 atom stereocenters. The molecule has 1 aliphatic heterocycles. The number of H-pyrrole nitrogens is 1. The van der Waals surface area contributed by atoms with Gasteiger partial charge in [0.15, 0.2) is 0 Å². The van der Waals surface area contributed by atoms with E-state index in [1.165, 1.54) is 0 Å². The summed E-state index contributed by atoms with van der Waals surface area (Å²) < 4.78 is 0. The van der Waals surface area contributed by atoms with Gasteiger partial charge >= 0.3 is 0 Å². The third-order valence-electron chi connectivity index (χ3n) is 2.16. The van der Waals surface area contributed by atoms with Crippen molar-refractivity contribution in [3.8, 4) is 0 Å². The van der Waals surface area contributed by atoms with Gasteiger partial charge in [-0.25, -0.2) is 5.10 Å². The first kappa shape index (κ1) is 9.45. The van der Waals surface area contributed by atoms with E-state index in [1.54, 1.807) is 4.90 Å². The van der Waals surface area contributed by atoms with Crippen LogP contribution in [0.1, 0.15) is 6.42 Å². The molecule has 7 heteroatoms. The molecule has 0 saturated carbocycles. The number of nitrogen functional groups attached to an aromatic ring is 1. The minimum absolute atomic E-state index is 0.0495. The van der Waals surface area contributed by atoms with Crippen LogP contribution >= 0.6 is 15.9 Å². The van der Waals surface area contributed by atoms with E-state index in [0.29, 0.717) is 24.8 Å². The number of rotatable bonds is 2. The standard InChI is InChI=1S/C7H10BrN5O/c8-2-4-1-5(14)13(3-4)7-10-6(9)11-12-7/h4H,1-3H2,(H3,9,10,11,12). The van der Waals surface area contributed by atoms with Crippen LogP contribution in [0.25, 0.3) is 0 Å². The van der Waals surface area contributed by atoms with Crippen molar-refractivity contribution in [3.05, 3.63) is 0 Å². The Balaban J connectivity index is 2.16. The summed E-state index contributed by atoms with van der Waals surface area (Å²) in [5.74, 6) is 0.988. The first-order chi connectivity index (χ1) is 6.70. The highest BCUT2D eigenvalue weighted by Crippen LogP contribution is 2.23. The molecule has 1 unspecified atom stereocenters. The van der Waals surface area contributed by atoms with E-state index >= 15 is 0 Å². The van der Waals surface area contributed by atoms with Gasteiger partial charge in [-0.3, -0.25) is 9.69 Å². The summed E-state index contributed by atoms with van der Waals surface area (Å²) in [6.45, 7) is 0.654. The van der Waals surface area contributed by atoms with Crippen LogP contribution in [0.5, 0.6) is 0 Å². The molecule has 1 aliphatic rings. The number of carbonyl (C=O) groups is 1. The average Bonchev–Trinajstić information content (AvgIpc) is 2.71. The summed E-state index contributed by atoms with van der Waals surface area (Å²) in [5, 5.41) is 7.17. The van der Waals surface area contributed by atoms with Crippen LogP contribution in [0.3, 0.4) is 0 Å². The number of aromatic nitrogens is 3. The minimum atomic E-state index is 0.0495. The van der Waals surface area contributed by atoms with Crippen molar-refractivity contribution in [2.75, 3.05) is 22.5 Å². The highest BCUT2D eigenvalue weighted by Gasteiger charge is 2.31. The number of anilines is 2. The molecule has 14 heavy (non-hydrogen) atoms. The number of halogens is 1. The number of hydrogen-bond acceptors (Lipinski definition) is 4. The van der Waals surface area contributed by atoms with Crippen molar-refractivity contribution in [1.82, 2.24) is 15.2 Å². The zero-order chi connectivity index (χ0) is 10.1. The van der Waals surface area contributed by atoms with Gasteiger partial charge < -0.3 is 5.73 Å². The van der Waals surface area contributed by atoms with Crippen molar-refractivity contribution in [2.24, 2.45) is 5.92 Å². The number of hydrogen-bond donors (Lipinski definition) is 2. The molecule has 1 fully saturated rings. The molecular weight excluding hydrogens is 250 g/mol. The zero-order valence-electron chi connectivity index (χ0n) is 7.40. The number of nitrogens with zero attached hydrogens (tertiary/aromatic N) is 3. The van der Waals surface area contributed by atoms with Crippen LogP contribution < -0.4 is 10.6 Å². The number of carbonyl (C=O) groups excluding carboxylic acids is 1. The maximum atomic E-state index is 11.5. The predicted molar refractivity (Wildman–Crippen MR) is 55.0 cm³/mol. The van der Waals surface area contributed by atoms with Gasteiger partial charge in [0.1, 0.15) is 0 Å². The van der Waals surface area contributed by atoms with Gasteiger partial charge in [0, 0.05) is 18.3 Å². The van der Waals surface area contributed by atoms with Gasteiger partial charge in [-0.15, -0.1) is 5.10 Å². The fourth-order valence-corrected chi connectivity index (χ4v) is 1.90. The highest BCUT2D eigenvalue weighted by molar-refractivity contribution is 9.09. The van der Waals surface area contributed by atoms with E-state index in [2.05, 4.69) is 31.1 Å². The number of aromatic amines is 1. The Morgan fingerprint density at radius 2 is 2.50 bits per heavy atom. The molecule has 2 heterocycles. The van der Waals surface area contributed by atoms with Gasteiger partial charge in [0.05, 0.1) is 0 Å². The Hall–Kier alpha value is -1.11. The van der Waals surface area contributed by atoms with Crippen molar-refractivity contribution < 1.29 is 4.79 Å². The Labute approximate surface area is 89.0 Å². The summed E-state index contributed by atoms with van der Waals surface area (Å²) >= 11 is 3.36. The molecule has 3 N–H and O–H groups in total. The van der Waals surface area contributed by atoms with Gasteiger partial charge in [-0.1, -0.05) is 15.9 Å². The molecule has 0 aromatic carbocycles. The smallest absolute Gasteiger partial charge is 0.252 e. The van der Waals surface area contributed by atoms with Crippen molar-refractivity contribution in [2.45, 2.75) is 6.42 Å². The summed E-state index contributed by atoms with van der Waals surface area (Å²) in [7, 11) is 0. The highest BCUT2D eigenvalue weighted by atomic mass is 79.9. The lowest BCUT2D eigenvalue weighted by molar-refractivity contribution is -0.117. The molecule has 0 radical (unpaired) electrons. The fourth-order valence-electron chi connectivity index (χ4n) is 1.46. The Kier molecular flexibility index (Phi) is 2.40. The molecule has 0 aliphatic carbocycles. The van der Waals surface area contributed by atoms with E-state index in [4.69, 9.17) is 5.73 Å². The van der Waals surface area contributed by atoms with Crippen molar-refractivity contribution in [1.29, 1.82) is 0 Å². The molecule has 76 valence electrons. The molecule has 2 rings (SSSR count). The van der Waals surface area contributed by atoms with Gasteiger partial charge in [0.25, 0.3) is 5.95 Å². The summed E-state index contributed by atoms with van der Waals surface area (Å²) in [6.07, 6.45) is 0.541. The number of nitrogens with two attached hydrogens (primary N) is 1. The summed E-state index contributed by atoms with van der Waals surface area (Å²) in [5.41, 5.74) is 5.38. The van der Waals surface area contributed by atoms with Crippen LogP contribution in [0, 0.1) is 5.92 Å². The van der Waals surface area contributed by atoms with E-state index in [9.17, 15) is 4.79 Å². The van der Waals surface area contributed by atoms with Crippen LogP contribution in [0.15, 0.2) is 0 Å². The van der Waals surface area contributed by atoms with E-state index in [0.717, 1.165) is 5.33 Å². The second kappa shape index (κ2) is 3.56. The van der Waals surface area contributed by atoms with E-state index in [-0.39, 0.29) is 11.9 Å². The lowest BCUT2D eigenvalue weighted by Crippen LogP contribution is -2.25. The number of nitrogens with one attached hydrogen (secondary N) is 1. The van der Waals surface area contributed by atoms with Gasteiger partial charge in [-0.2, -0.15) is 4.98 Å². The maximum Gasteiger partial charge on any atom is 0.252 e. The first-order valence-electron chi connectivity index (χ1n) is 4.25. The molecule has 1 aromatic heterocycles. The molecule has 0 spiro atoms. The SMILES string of the molecule is Nc1nc(N2CC(CBr)CC2=O)n[nH]1. The quantitative estimate of drug-likeness (QED) is 0.740. The minimum Gasteiger partial charge on any atom is -0.368 e. The Morgan fingerprint density at radius 3 is 3.00 bits per heavy atom. The normalized spacial score (nSPS) is 21.9. The fraction of sp³-hybridized carbons (Fsp3) is 0.571. The van der Waals surface area contributed by atoms with Crippen molar-refractivity contribution in [3.63, 3.8) is 0 Å². The Morgan fingerprint density at radius 1 is 1.71 bits per heavy atom. The number of alkyl halides is 1. The maximum absolute atomic E-state index is 11.5. The lowest BCUT2D eigenvalue weighted by atomic mass is 10.2. The second-order valence-corrected chi connectivity index (χ2v) is 3.90. The average molecular weight is 260 g/mol. The largest absolute Gasteiger partial charge is 0.368 e. The summed E-state index contributed by atoms with van der Waals surface area (Å²) in [4.78, 5) is 17.0. The van der Waals surface area contributed by atoms with Crippen LogP contribution in [-0.4, -0.2) is 33.0 Å². The topological polar surface area (TPSA) is 87.9 Å². The first-order valence-corrected chi connectivity index (χ1v) is 5.37. The molecule has 0 bridgehead atoms. The van der Waals surface area contributed by atoms with Crippen LogP contribution in [-0.2, 0) is 4.79 Å². The van der Waals surface area contributed by atoms with Gasteiger partial charge in [0.2, 0.25) is 11.9 Å². The monoisotopic (exact) mass is 259 g/mol. The second-order valence-electron chi connectivity index (χ2n) is 3.25. The molecular formula is C7H10BrN5O.